The molecule has 84 valence electrons. The number of hydrogen-bond donors (Lipinski definition) is 1. The van der Waals surface area contributed by atoms with E-state index in [9.17, 15) is 0 Å². The maximum atomic E-state index is 5.79. The van der Waals surface area contributed by atoms with Crippen LogP contribution in [0, 0.1) is 6.92 Å². The van der Waals surface area contributed by atoms with Gasteiger partial charge in [-0.1, -0.05) is 13.3 Å². The van der Waals surface area contributed by atoms with E-state index in [1.165, 1.54) is 0 Å². The quantitative estimate of drug-likeness (QED) is 0.807. The van der Waals surface area contributed by atoms with Gasteiger partial charge in [-0.3, -0.25) is 0 Å². The van der Waals surface area contributed by atoms with Crippen molar-refractivity contribution in [3.8, 4) is 5.88 Å². The monoisotopic (exact) mass is 229 g/mol. The van der Waals surface area contributed by atoms with Gasteiger partial charge in [0.15, 0.2) is 0 Å². The van der Waals surface area contributed by atoms with Crippen molar-refractivity contribution in [1.29, 1.82) is 0 Å². The van der Waals surface area contributed by atoms with Gasteiger partial charge in [0.05, 0.1) is 11.8 Å². The largest absolute Gasteiger partial charge is 0.473 e. The number of nitrogen functional groups attached to an aromatic ring is 1. The molecular formula is C10H16ClN3O. The summed E-state index contributed by atoms with van der Waals surface area (Å²) in [6.45, 7) is 5.86. The minimum absolute atomic E-state index is 0.0858. The molecule has 0 radical (unpaired) electrons. The molecule has 0 saturated heterocycles. The maximum absolute atomic E-state index is 5.79. The Kier molecular flexibility index (Phi) is 4.15. The molecule has 0 aliphatic carbocycles. The first-order valence-electron chi connectivity index (χ1n) is 5.00. The molecule has 1 unspecified atom stereocenters. The summed E-state index contributed by atoms with van der Waals surface area (Å²) in [4.78, 5) is 7.90. The Hall–Kier alpha value is -1.03. The zero-order valence-corrected chi connectivity index (χ0v) is 10.0. The van der Waals surface area contributed by atoms with E-state index in [1.54, 1.807) is 6.92 Å². The minimum Gasteiger partial charge on any atom is -0.473 e. The van der Waals surface area contributed by atoms with Crippen molar-refractivity contribution in [1.82, 2.24) is 9.97 Å². The van der Waals surface area contributed by atoms with E-state index in [4.69, 9.17) is 22.1 Å². The number of halogens is 1. The fourth-order valence-corrected chi connectivity index (χ4v) is 1.47. The fraction of sp³-hybridized carbons (Fsp3) is 0.600. The second kappa shape index (κ2) is 5.16. The summed E-state index contributed by atoms with van der Waals surface area (Å²) in [7, 11) is 0. The summed E-state index contributed by atoms with van der Waals surface area (Å²) in [5.41, 5.74) is 6.89. The molecule has 0 bridgehead atoms. The lowest BCUT2D eigenvalue weighted by Gasteiger charge is -2.15. The van der Waals surface area contributed by atoms with Crippen LogP contribution in [0.25, 0.3) is 0 Å². The second-order valence-corrected chi connectivity index (χ2v) is 3.85. The Balaban J connectivity index is 2.84. The average molecular weight is 230 g/mol. The van der Waals surface area contributed by atoms with E-state index in [0.29, 0.717) is 17.3 Å². The molecule has 1 atom stereocenters. The minimum atomic E-state index is 0.0858. The van der Waals surface area contributed by atoms with E-state index in [2.05, 4.69) is 16.9 Å². The topological polar surface area (TPSA) is 61.0 Å². The highest BCUT2D eigenvalue weighted by Gasteiger charge is 2.11. The van der Waals surface area contributed by atoms with Crippen LogP contribution in [0.3, 0.4) is 0 Å². The highest BCUT2D eigenvalue weighted by molar-refractivity contribution is 6.28. The molecule has 1 aromatic rings. The molecule has 1 rings (SSSR count). The van der Waals surface area contributed by atoms with Crippen molar-refractivity contribution in [2.45, 2.75) is 39.7 Å². The SMILES string of the molecule is CCCC(C)Oc1nc(Cl)nc(C)c1N. The Bertz CT molecular complexity index is 344. The first-order valence-corrected chi connectivity index (χ1v) is 5.38. The van der Waals surface area contributed by atoms with Gasteiger partial charge in [0.1, 0.15) is 5.69 Å². The number of aryl methyl sites for hydroxylation is 1. The van der Waals surface area contributed by atoms with E-state index in [1.807, 2.05) is 6.92 Å². The predicted octanol–water partition coefficient (Wildman–Crippen LogP) is 2.59. The number of rotatable bonds is 4. The summed E-state index contributed by atoms with van der Waals surface area (Å²) in [5, 5.41) is 0.167. The van der Waals surface area contributed by atoms with Gasteiger partial charge in [-0.25, -0.2) is 4.98 Å². The van der Waals surface area contributed by atoms with Gasteiger partial charge < -0.3 is 10.5 Å². The van der Waals surface area contributed by atoms with Gasteiger partial charge in [0.25, 0.3) is 0 Å². The summed E-state index contributed by atoms with van der Waals surface area (Å²) in [5.74, 6) is 0.383. The van der Waals surface area contributed by atoms with Gasteiger partial charge in [-0.2, -0.15) is 4.98 Å². The van der Waals surface area contributed by atoms with Gasteiger partial charge in [0.2, 0.25) is 11.2 Å². The van der Waals surface area contributed by atoms with Gasteiger partial charge in [0, 0.05) is 0 Å². The molecule has 0 aliphatic rings. The number of anilines is 1. The summed E-state index contributed by atoms with van der Waals surface area (Å²) >= 11 is 5.72. The van der Waals surface area contributed by atoms with E-state index in [-0.39, 0.29) is 11.4 Å². The molecule has 0 saturated carbocycles. The highest BCUT2D eigenvalue weighted by Crippen LogP contribution is 2.24. The molecule has 2 N–H and O–H groups in total. The third-order valence-electron chi connectivity index (χ3n) is 2.08. The third kappa shape index (κ3) is 3.23. The third-order valence-corrected chi connectivity index (χ3v) is 2.25. The Morgan fingerprint density at radius 1 is 1.47 bits per heavy atom. The van der Waals surface area contributed by atoms with Crippen LogP contribution in [0.15, 0.2) is 0 Å². The van der Waals surface area contributed by atoms with Gasteiger partial charge in [-0.05, 0) is 31.9 Å². The number of nitrogens with zero attached hydrogens (tertiary/aromatic N) is 2. The van der Waals surface area contributed by atoms with Crippen LogP contribution in [0.5, 0.6) is 5.88 Å². The van der Waals surface area contributed by atoms with Crippen molar-refractivity contribution in [2.75, 3.05) is 5.73 Å². The number of nitrogens with two attached hydrogens (primary N) is 1. The van der Waals surface area contributed by atoms with Crippen LogP contribution in [-0.4, -0.2) is 16.1 Å². The molecule has 1 aromatic heterocycles. The lowest BCUT2D eigenvalue weighted by Crippen LogP contribution is -2.14. The average Bonchev–Trinajstić information content (AvgIpc) is 2.13. The molecule has 0 fully saturated rings. The first kappa shape index (κ1) is 12.0. The van der Waals surface area contributed by atoms with Crippen LogP contribution in [0.1, 0.15) is 32.4 Å². The Morgan fingerprint density at radius 3 is 2.73 bits per heavy atom. The lowest BCUT2D eigenvalue weighted by atomic mass is 10.2. The Labute approximate surface area is 94.8 Å². The summed E-state index contributed by atoms with van der Waals surface area (Å²) in [6, 6.07) is 0. The van der Waals surface area contributed by atoms with Crippen LogP contribution in [-0.2, 0) is 0 Å². The van der Waals surface area contributed by atoms with Crippen molar-refractivity contribution in [2.24, 2.45) is 0 Å². The molecule has 4 nitrogen and oxygen atoms in total. The normalized spacial score (nSPS) is 12.5. The fourth-order valence-electron chi connectivity index (χ4n) is 1.27. The van der Waals surface area contributed by atoms with Gasteiger partial charge in [-0.15, -0.1) is 0 Å². The first-order chi connectivity index (χ1) is 7.04. The van der Waals surface area contributed by atoms with Gasteiger partial charge >= 0.3 is 0 Å². The molecule has 0 aromatic carbocycles. The van der Waals surface area contributed by atoms with Crippen LogP contribution in [0.2, 0.25) is 5.28 Å². The molecule has 0 amide bonds. The lowest BCUT2D eigenvalue weighted by molar-refractivity contribution is 0.202. The van der Waals surface area contributed by atoms with E-state index in [0.717, 1.165) is 12.8 Å². The number of ether oxygens (including phenoxy) is 1. The number of hydrogen-bond acceptors (Lipinski definition) is 4. The van der Waals surface area contributed by atoms with Crippen molar-refractivity contribution in [3.05, 3.63) is 11.0 Å². The highest BCUT2D eigenvalue weighted by atomic mass is 35.5. The molecule has 0 spiro atoms. The predicted molar refractivity (Wildman–Crippen MR) is 61.2 cm³/mol. The standard InChI is InChI=1S/C10H16ClN3O/c1-4-5-6(2)15-9-8(12)7(3)13-10(11)14-9/h6H,4-5,12H2,1-3H3. The van der Waals surface area contributed by atoms with Crippen LogP contribution >= 0.6 is 11.6 Å². The zero-order chi connectivity index (χ0) is 11.4. The van der Waals surface area contributed by atoms with Crippen LogP contribution < -0.4 is 10.5 Å². The van der Waals surface area contributed by atoms with Crippen molar-refractivity contribution >= 4 is 17.3 Å². The smallest absolute Gasteiger partial charge is 0.242 e. The molecule has 5 heteroatoms. The van der Waals surface area contributed by atoms with E-state index >= 15 is 0 Å². The Morgan fingerprint density at radius 2 is 2.13 bits per heavy atom. The molecule has 1 heterocycles. The van der Waals surface area contributed by atoms with Crippen LogP contribution in [0.4, 0.5) is 5.69 Å². The second-order valence-electron chi connectivity index (χ2n) is 3.51. The van der Waals surface area contributed by atoms with Crippen molar-refractivity contribution in [3.63, 3.8) is 0 Å². The number of aromatic nitrogens is 2. The summed E-state index contributed by atoms with van der Waals surface area (Å²) in [6.07, 6.45) is 2.10. The van der Waals surface area contributed by atoms with E-state index < -0.39 is 0 Å². The summed E-state index contributed by atoms with van der Waals surface area (Å²) < 4.78 is 5.59. The van der Waals surface area contributed by atoms with Crippen molar-refractivity contribution < 1.29 is 4.74 Å². The molecule has 0 aliphatic heterocycles. The molecular weight excluding hydrogens is 214 g/mol. The zero-order valence-electron chi connectivity index (χ0n) is 9.25. The molecule has 15 heavy (non-hydrogen) atoms. The maximum Gasteiger partial charge on any atom is 0.242 e.